The van der Waals surface area contributed by atoms with Gasteiger partial charge in [0.1, 0.15) is 5.60 Å². The summed E-state index contributed by atoms with van der Waals surface area (Å²) in [5.41, 5.74) is 4.26. The smallest absolute Gasteiger partial charge is 0.405 e. The van der Waals surface area contributed by atoms with Crippen molar-refractivity contribution in [1.29, 1.82) is 0 Å². The fraction of sp³-hybridized carbons (Fsp3) is 0.933. The SMILES string of the molecule is CC.CC(C)(C)OC(N)=O.CCC1CCCCC1. The van der Waals surface area contributed by atoms with E-state index in [1.165, 1.54) is 38.5 Å². The molecular formula is C15H33NO2. The Kier molecular flexibility index (Phi) is 12.4. The molecule has 1 fully saturated rings. The second-order valence-electron chi connectivity index (χ2n) is 5.45. The van der Waals surface area contributed by atoms with E-state index in [9.17, 15) is 4.79 Å². The second-order valence-corrected chi connectivity index (χ2v) is 5.45. The largest absolute Gasteiger partial charge is 0.444 e. The summed E-state index contributed by atoms with van der Waals surface area (Å²) in [4.78, 5) is 10.0. The molecular weight excluding hydrogens is 226 g/mol. The van der Waals surface area contributed by atoms with E-state index in [2.05, 4.69) is 11.7 Å². The summed E-state index contributed by atoms with van der Waals surface area (Å²) in [5, 5.41) is 0. The van der Waals surface area contributed by atoms with E-state index < -0.39 is 11.7 Å². The molecule has 3 heteroatoms. The maximum absolute atomic E-state index is 10.0. The number of ether oxygens (including phenoxy) is 1. The van der Waals surface area contributed by atoms with Crippen LogP contribution in [0, 0.1) is 5.92 Å². The van der Waals surface area contributed by atoms with Crippen LogP contribution < -0.4 is 5.73 Å². The van der Waals surface area contributed by atoms with E-state index in [0.29, 0.717) is 0 Å². The van der Waals surface area contributed by atoms with E-state index >= 15 is 0 Å². The average Bonchev–Trinajstić information content (AvgIpc) is 2.30. The highest BCUT2D eigenvalue weighted by Gasteiger charge is 2.12. The van der Waals surface area contributed by atoms with E-state index in [-0.39, 0.29) is 0 Å². The molecule has 0 bridgehead atoms. The quantitative estimate of drug-likeness (QED) is 0.729. The zero-order valence-corrected chi connectivity index (χ0v) is 13.2. The summed E-state index contributed by atoms with van der Waals surface area (Å²) in [6.45, 7) is 11.6. The van der Waals surface area contributed by atoms with Crippen molar-refractivity contribution >= 4 is 6.09 Å². The van der Waals surface area contributed by atoms with Crippen molar-refractivity contribution in [2.24, 2.45) is 11.7 Å². The molecule has 0 radical (unpaired) electrons. The van der Waals surface area contributed by atoms with Gasteiger partial charge in [-0.15, -0.1) is 0 Å². The van der Waals surface area contributed by atoms with Gasteiger partial charge in [0.25, 0.3) is 0 Å². The third-order valence-corrected chi connectivity index (χ3v) is 2.71. The van der Waals surface area contributed by atoms with Gasteiger partial charge >= 0.3 is 6.09 Å². The molecule has 0 unspecified atom stereocenters. The zero-order valence-electron chi connectivity index (χ0n) is 13.2. The van der Waals surface area contributed by atoms with E-state index in [1.54, 1.807) is 20.8 Å². The molecule has 3 nitrogen and oxygen atoms in total. The zero-order chi connectivity index (χ0) is 14.6. The summed E-state index contributed by atoms with van der Waals surface area (Å²) in [7, 11) is 0. The summed E-state index contributed by atoms with van der Waals surface area (Å²) in [6, 6.07) is 0. The van der Waals surface area contributed by atoms with Crippen molar-refractivity contribution in [2.75, 3.05) is 0 Å². The van der Waals surface area contributed by atoms with Crippen LogP contribution in [0.15, 0.2) is 0 Å². The fourth-order valence-electron chi connectivity index (χ4n) is 1.90. The third kappa shape index (κ3) is 15.3. The van der Waals surface area contributed by atoms with Crippen LogP contribution >= 0.6 is 0 Å². The number of carbonyl (C=O) groups excluding carboxylic acids is 1. The van der Waals surface area contributed by atoms with Gasteiger partial charge in [-0.1, -0.05) is 59.3 Å². The Balaban J connectivity index is 0. The van der Waals surface area contributed by atoms with Crippen LogP contribution in [0.2, 0.25) is 0 Å². The van der Waals surface area contributed by atoms with Crippen LogP contribution in [0.5, 0.6) is 0 Å². The number of hydrogen-bond donors (Lipinski definition) is 1. The van der Waals surface area contributed by atoms with Crippen molar-refractivity contribution in [3.05, 3.63) is 0 Å². The molecule has 1 amide bonds. The maximum atomic E-state index is 10.0. The molecule has 1 aliphatic rings. The summed E-state index contributed by atoms with van der Waals surface area (Å²) >= 11 is 0. The molecule has 0 aromatic carbocycles. The molecule has 0 heterocycles. The van der Waals surface area contributed by atoms with Gasteiger partial charge in [-0.2, -0.15) is 0 Å². The van der Waals surface area contributed by atoms with Crippen molar-refractivity contribution in [2.45, 2.75) is 85.7 Å². The first-order chi connectivity index (χ1) is 8.35. The van der Waals surface area contributed by atoms with Gasteiger partial charge in [0.2, 0.25) is 0 Å². The average molecular weight is 259 g/mol. The first-order valence-electron chi connectivity index (χ1n) is 7.33. The first kappa shape index (κ1) is 19.6. The molecule has 2 N–H and O–H groups in total. The number of amides is 1. The minimum absolute atomic E-state index is 0.453. The molecule has 110 valence electrons. The molecule has 1 saturated carbocycles. The minimum Gasteiger partial charge on any atom is -0.444 e. The molecule has 18 heavy (non-hydrogen) atoms. The van der Waals surface area contributed by atoms with Gasteiger partial charge in [-0.25, -0.2) is 4.79 Å². The van der Waals surface area contributed by atoms with Crippen LogP contribution in [0.4, 0.5) is 4.79 Å². The molecule has 0 aromatic heterocycles. The number of primary amides is 1. The van der Waals surface area contributed by atoms with Gasteiger partial charge < -0.3 is 10.5 Å². The Morgan fingerprint density at radius 3 is 1.78 bits per heavy atom. The first-order valence-corrected chi connectivity index (χ1v) is 7.33. The third-order valence-electron chi connectivity index (χ3n) is 2.71. The predicted octanol–water partition coefficient (Wildman–Crippen LogP) is 4.88. The van der Waals surface area contributed by atoms with Crippen LogP contribution in [0.25, 0.3) is 0 Å². The second kappa shape index (κ2) is 11.4. The predicted molar refractivity (Wildman–Crippen MR) is 78.6 cm³/mol. The van der Waals surface area contributed by atoms with Gasteiger partial charge in [0.15, 0.2) is 0 Å². The van der Waals surface area contributed by atoms with E-state index in [0.717, 1.165) is 5.92 Å². The van der Waals surface area contributed by atoms with Crippen molar-refractivity contribution in [1.82, 2.24) is 0 Å². The summed E-state index contributed by atoms with van der Waals surface area (Å²) in [6.07, 6.45) is 8.21. The highest BCUT2D eigenvalue weighted by Crippen LogP contribution is 2.25. The van der Waals surface area contributed by atoms with Crippen LogP contribution in [0.3, 0.4) is 0 Å². The van der Waals surface area contributed by atoms with Crippen LogP contribution in [-0.4, -0.2) is 11.7 Å². The molecule has 1 aliphatic carbocycles. The molecule has 0 spiro atoms. The lowest BCUT2D eigenvalue weighted by atomic mass is 9.88. The molecule has 1 rings (SSSR count). The number of hydrogen-bond acceptors (Lipinski definition) is 2. The van der Waals surface area contributed by atoms with E-state index in [1.807, 2.05) is 13.8 Å². The van der Waals surface area contributed by atoms with Crippen molar-refractivity contribution in [3.8, 4) is 0 Å². The maximum Gasteiger partial charge on any atom is 0.405 e. The highest BCUT2D eigenvalue weighted by atomic mass is 16.6. The van der Waals surface area contributed by atoms with Crippen molar-refractivity contribution < 1.29 is 9.53 Å². The number of carbonyl (C=O) groups is 1. The molecule has 0 aliphatic heterocycles. The van der Waals surface area contributed by atoms with Gasteiger partial charge in [0.05, 0.1) is 0 Å². The molecule has 0 atom stereocenters. The summed E-state index contributed by atoms with van der Waals surface area (Å²) < 4.78 is 4.58. The van der Waals surface area contributed by atoms with Crippen molar-refractivity contribution in [3.63, 3.8) is 0 Å². The van der Waals surface area contributed by atoms with E-state index in [4.69, 9.17) is 5.73 Å². The Labute approximate surface area is 113 Å². The van der Waals surface area contributed by atoms with Crippen LogP contribution in [-0.2, 0) is 4.74 Å². The lowest BCUT2D eigenvalue weighted by molar-refractivity contribution is 0.0600. The molecule has 0 aromatic rings. The Morgan fingerprint density at radius 1 is 1.17 bits per heavy atom. The number of nitrogens with two attached hydrogens (primary N) is 1. The topological polar surface area (TPSA) is 52.3 Å². The monoisotopic (exact) mass is 259 g/mol. The Hall–Kier alpha value is -0.730. The lowest BCUT2D eigenvalue weighted by Gasteiger charge is -2.18. The standard InChI is InChI=1S/C8H16.C5H11NO2.C2H6/c1-2-8-6-4-3-5-7-8;1-5(2,3)8-4(6)7;1-2/h8H,2-7H2,1H3;1-3H3,(H2,6,7);1-2H3. The number of rotatable bonds is 1. The van der Waals surface area contributed by atoms with Crippen LogP contribution in [0.1, 0.15) is 80.1 Å². The van der Waals surface area contributed by atoms with Gasteiger partial charge in [-0.05, 0) is 26.7 Å². The summed E-state index contributed by atoms with van der Waals surface area (Å²) in [5.74, 6) is 1.09. The fourth-order valence-corrected chi connectivity index (χ4v) is 1.90. The van der Waals surface area contributed by atoms with Gasteiger partial charge in [0, 0.05) is 0 Å². The Morgan fingerprint density at radius 2 is 1.61 bits per heavy atom. The lowest BCUT2D eigenvalue weighted by Crippen LogP contribution is -2.27. The Bertz CT molecular complexity index is 191. The minimum atomic E-state index is -0.725. The van der Waals surface area contributed by atoms with Gasteiger partial charge in [-0.3, -0.25) is 0 Å². The molecule has 0 saturated heterocycles. The highest BCUT2D eigenvalue weighted by molar-refractivity contribution is 5.65. The normalized spacial score (nSPS) is 15.7.